The zero-order valence-corrected chi connectivity index (χ0v) is 10.5. The molecule has 0 bridgehead atoms. The van der Waals surface area contributed by atoms with Gasteiger partial charge in [-0.3, -0.25) is 4.90 Å². The van der Waals surface area contributed by atoms with E-state index in [4.69, 9.17) is 0 Å². The molecule has 0 spiro atoms. The van der Waals surface area contributed by atoms with Gasteiger partial charge in [-0.05, 0) is 39.7 Å². The van der Waals surface area contributed by atoms with Crippen LogP contribution in [0.2, 0.25) is 0 Å². The van der Waals surface area contributed by atoms with Crippen LogP contribution < -0.4 is 5.32 Å². The number of aliphatic hydroxyl groups excluding tert-OH is 1. The Morgan fingerprint density at radius 2 is 2.07 bits per heavy atom. The molecule has 4 unspecified atom stereocenters. The molecule has 0 saturated carbocycles. The normalized spacial score (nSPS) is 32.6. The van der Waals surface area contributed by atoms with Gasteiger partial charge in [0.15, 0.2) is 0 Å². The monoisotopic (exact) mass is 214 g/mol. The summed E-state index contributed by atoms with van der Waals surface area (Å²) < 4.78 is 0. The molecule has 15 heavy (non-hydrogen) atoms. The summed E-state index contributed by atoms with van der Waals surface area (Å²) >= 11 is 0. The van der Waals surface area contributed by atoms with Crippen molar-refractivity contribution >= 4 is 0 Å². The van der Waals surface area contributed by atoms with E-state index in [0.29, 0.717) is 18.0 Å². The van der Waals surface area contributed by atoms with Gasteiger partial charge in [0.1, 0.15) is 0 Å². The number of piperidine rings is 1. The Morgan fingerprint density at radius 3 is 2.53 bits per heavy atom. The first-order valence-electron chi connectivity index (χ1n) is 6.17. The zero-order chi connectivity index (χ0) is 11.4. The van der Waals surface area contributed by atoms with E-state index in [1.165, 1.54) is 6.42 Å². The maximum Gasteiger partial charge on any atom is 0.0553 e. The van der Waals surface area contributed by atoms with Crippen LogP contribution in [0.5, 0.6) is 0 Å². The first kappa shape index (κ1) is 12.9. The van der Waals surface area contributed by atoms with Crippen molar-refractivity contribution in [3.63, 3.8) is 0 Å². The van der Waals surface area contributed by atoms with Gasteiger partial charge in [-0.1, -0.05) is 6.92 Å². The predicted octanol–water partition coefficient (Wildman–Crippen LogP) is 1.08. The van der Waals surface area contributed by atoms with E-state index in [0.717, 1.165) is 19.5 Å². The minimum Gasteiger partial charge on any atom is -0.393 e. The lowest BCUT2D eigenvalue weighted by molar-refractivity contribution is 0.0330. The van der Waals surface area contributed by atoms with Crippen molar-refractivity contribution < 1.29 is 5.11 Å². The largest absolute Gasteiger partial charge is 0.393 e. The number of rotatable bonds is 4. The van der Waals surface area contributed by atoms with Crippen molar-refractivity contribution in [2.45, 2.75) is 51.8 Å². The topological polar surface area (TPSA) is 35.5 Å². The highest BCUT2D eigenvalue weighted by Crippen LogP contribution is 2.22. The van der Waals surface area contributed by atoms with Crippen molar-refractivity contribution in [3.8, 4) is 0 Å². The Morgan fingerprint density at radius 1 is 1.40 bits per heavy atom. The minimum atomic E-state index is -0.187. The number of aliphatic hydroxyl groups is 1. The Hall–Kier alpha value is -0.120. The molecule has 4 atom stereocenters. The maximum atomic E-state index is 9.71. The quantitative estimate of drug-likeness (QED) is 0.735. The highest BCUT2D eigenvalue weighted by molar-refractivity contribution is 4.86. The van der Waals surface area contributed by atoms with Crippen molar-refractivity contribution in [2.75, 3.05) is 20.1 Å². The van der Waals surface area contributed by atoms with Crippen molar-refractivity contribution in [1.29, 1.82) is 0 Å². The number of hydrogen-bond acceptors (Lipinski definition) is 3. The van der Waals surface area contributed by atoms with E-state index in [9.17, 15) is 5.11 Å². The van der Waals surface area contributed by atoms with Crippen molar-refractivity contribution in [3.05, 3.63) is 0 Å². The third kappa shape index (κ3) is 3.44. The van der Waals surface area contributed by atoms with Gasteiger partial charge in [-0.25, -0.2) is 0 Å². The van der Waals surface area contributed by atoms with Gasteiger partial charge in [0.05, 0.1) is 6.10 Å². The molecule has 1 fully saturated rings. The molecule has 1 saturated heterocycles. The summed E-state index contributed by atoms with van der Waals surface area (Å²) in [6, 6.07) is 1.16. The molecule has 90 valence electrons. The fourth-order valence-electron chi connectivity index (χ4n) is 2.35. The average molecular weight is 214 g/mol. The van der Waals surface area contributed by atoms with Crippen LogP contribution in [0.25, 0.3) is 0 Å². The predicted molar refractivity (Wildman–Crippen MR) is 64.0 cm³/mol. The Bertz CT molecular complexity index is 184. The second kappa shape index (κ2) is 5.83. The van der Waals surface area contributed by atoms with E-state index in [1.54, 1.807) is 0 Å². The second-order valence-electron chi connectivity index (χ2n) is 4.93. The van der Waals surface area contributed by atoms with Gasteiger partial charge in [0, 0.05) is 25.2 Å². The third-order valence-electron chi connectivity index (χ3n) is 3.82. The number of likely N-dealkylation sites (tertiary alicyclic amines) is 1. The average Bonchev–Trinajstić information content (AvgIpc) is 2.27. The SMILES string of the molecule is CCC(C)N1CC(NC)CC(C(C)O)C1. The van der Waals surface area contributed by atoms with Gasteiger partial charge in [-0.15, -0.1) is 0 Å². The second-order valence-corrected chi connectivity index (χ2v) is 4.93. The molecule has 0 aromatic carbocycles. The summed E-state index contributed by atoms with van der Waals surface area (Å²) in [5.41, 5.74) is 0. The molecule has 0 aliphatic carbocycles. The standard InChI is InChI=1S/C12H26N2O/c1-5-9(2)14-7-11(10(3)15)6-12(8-14)13-4/h9-13,15H,5-8H2,1-4H3. The van der Waals surface area contributed by atoms with Gasteiger partial charge in [0.2, 0.25) is 0 Å². The zero-order valence-electron chi connectivity index (χ0n) is 10.5. The molecule has 3 heteroatoms. The van der Waals surface area contributed by atoms with Gasteiger partial charge < -0.3 is 10.4 Å². The van der Waals surface area contributed by atoms with Crippen LogP contribution in [-0.4, -0.2) is 48.3 Å². The molecule has 1 heterocycles. The van der Waals surface area contributed by atoms with Crippen LogP contribution in [-0.2, 0) is 0 Å². The van der Waals surface area contributed by atoms with E-state index in [1.807, 2.05) is 14.0 Å². The summed E-state index contributed by atoms with van der Waals surface area (Å²) in [6.07, 6.45) is 2.09. The highest BCUT2D eigenvalue weighted by atomic mass is 16.3. The van der Waals surface area contributed by atoms with Crippen LogP contribution in [0, 0.1) is 5.92 Å². The Balaban J connectivity index is 2.58. The maximum absolute atomic E-state index is 9.71. The van der Waals surface area contributed by atoms with Crippen molar-refractivity contribution in [2.24, 2.45) is 5.92 Å². The molecule has 3 nitrogen and oxygen atoms in total. The van der Waals surface area contributed by atoms with Crippen LogP contribution in [0.1, 0.15) is 33.6 Å². The lowest BCUT2D eigenvalue weighted by Gasteiger charge is -2.41. The molecule has 2 N–H and O–H groups in total. The minimum absolute atomic E-state index is 0.187. The van der Waals surface area contributed by atoms with Gasteiger partial charge >= 0.3 is 0 Å². The fourth-order valence-corrected chi connectivity index (χ4v) is 2.35. The third-order valence-corrected chi connectivity index (χ3v) is 3.82. The van der Waals surface area contributed by atoms with Crippen LogP contribution in [0.3, 0.4) is 0 Å². The molecule has 0 aromatic rings. The Kier molecular flexibility index (Phi) is 5.03. The van der Waals surface area contributed by atoms with Crippen molar-refractivity contribution in [1.82, 2.24) is 10.2 Å². The lowest BCUT2D eigenvalue weighted by atomic mass is 9.89. The molecular weight excluding hydrogens is 188 g/mol. The van der Waals surface area contributed by atoms with E-state index in [2.05, 4.69) is 24.1 Å². The molecular formula is C12H26N2O. The number of nitrogens with one attached hydrogen (secondary N) is 1. The summed E-state index contributed by atoms with van der Waals surface area (Å²) in [5, 5.41) is 13.1. The van der Waals surface area contributed by atoms with Crippen LogP contribution in [0.15, 0.2) is 0 Å². The first-order valence-corrected chi connectivity index (χ1v) is 6.17. The molecule has 1 aliphatic rings. The van der Waals surface area contributed by atoms with Crippen LogP contribution in [0.4, 0.5) is 0 Å². The molecule has 0 amide bonds. The van der Waals surface area contributed by atoms with E-state index in [-0.39, 0.29) is 6.10 Å². The molecule has 0 radical (unpaired) electrons. The molecule has 0 aromatic heterocycles. The number of likely N-dealkylation sites (N-methyl/N-ethyl adjacent to an activating group) is 1. The van der Waals surface area contributed by atoms with Gasteiger partial charge in [-0.2, -0.15) is 0 Å². The smallest absolute Gasteiger partial charge is 0.0553 e. The van der Waals surface area contributed by atoms with Crippen LogP contribution >= 0.6 is 0 Å². The number of nitrogens with zero attached hydrogens (tertiary/aromatic N) is 1. The molecule has 1 rings (SSSR count). The first-order chi connectivity index (χ1) is 7.08. The number of hydrogen-bond donors (Lipinski definition) is 2. The molecule has 1 aliphatic heterocycles. The lowest BCUT2D eigenvalue weighted by Crippen LogP contribution is -2.53. The summed E-state index contributed by atoms with van der Waals surface area (Å²) in [7, 11) is 2.02. The van der Waals surface area contributed by atoms with E-state index < -0.39 is 0 Å². The summed E-state index contributed by atoms with van der Waals surface area (Å²) in [5.74, 6) is 0.421. The summed E-state index contributed by atoms with van der Waals surface area (Å²) in [4.78, 5) is 2.50. The van der Waals surface area contributed by atoms with E-state index >= 15 is 0 Å². The Labute approximate surface area is 93.9 Å². The summed E-state index contributed by atoms with van der Waals surface area (Å²) in [6.45, 7) is 8.58. The highest BCUT2D eigenvalue weighted by Gasteiger charge is 2.30. The van der Waals surface area contributed by atoms with Gasteiger partial charge in [0.25, 0.3) is 0 Å². The fraction of sp³-hybridized carbons (Fsp3) is 1.00.